The topological polar surface area (TPSA) is 86.0 Å². The minimum atomic E-state index is -4.65. The van der Waals surface area contributed by atoms with Crippen LogP contribution in [-0.4, -0.2) is 55.0 Å². The minimum absolute atomic E-state index is 0.0766. The molecular formula is C20H18F6N6O2. The van der Waals surface area contributed by atoms with E-state index < -0.39 is 35.6 Å². The molecule has 2 aromatic heterocycles. The van der Waals surface area contributed by atoms with E-state index in [9.17, 15) is 31.1 Å². The molecule has 1 aromatic carbocycles. The zero-order valence-corrected chi connectivity index (χ0v) is 17.8. The molecule has 34 heavy (non-hydrogen) atoms. The molecule has 14 heteroatoms. The third-order valence-electron chi connectivity index (χ3n) is 4.71. The molecule has 2 heterocycles. The molecule has 3 aromatic rings. The van der Waals surface area contributed by atoms with E-state index in [2.05, 4.69) is 20.2 Å². The summed E-state index contributed by atoms with van der Waals surface area (Å²) in [7, 11) is 0. The van der Waals surface area contributed by atoms with Gasteiger partial charge in [-0.2, -0.15) is 41.3 Å². The number of carbonyl (C=O) groups is 1. The van der Waals surface area contributed by atoms with Gasteiger partial charge in [-0.15, -0.1) is 0 Å². The van der Waals surface area contributed by atoms with E-state index in [1.807, 2.05) is 0 Å². The maximum Gasteiger partial charge on any atom is 0.434 e. The molecule has 0 aliphatic carbocycles. The first-order valence-corrected chi connectivity index (χ1v) is 9.82. The zero-order valence-electron chi connectivity index (χ0n) is 17.8. The van der Waals surface area contributed by atoms with Gasteiger partial charge in [0.15, 0.2) is 5.69 Å². The summed E-state index contributed by atoms with van der Waals surface area (Å²) in [5.74, 6) is -0.794. The zero-order chi connectivity index (χ0) is 25.1. The monoisotopic (exact) mass is 488 g/mol. The van der Waals surface area contributed by atoms with E-state index in [1.54, 1.807) is 13.8 Å². The molecule has 8 nitrogen and oxygen atoms in total. The Kier molecular flexibility index (Phi) is 7.07. The van der Waals surface area contributed by atoms with Crippen LogP contribution in [0, 0.1) is 0 Å². The lowest BCUT2D eigenvalue weighted by Gasteiger charge is -2.28. The van der Waals surface area contributed by atoms with Crippen molar-refractivity contribution in [2.45, 2.75) is 32.2 Å². The van der Waals surface area contributed by atoms with Crippen LogP contribution in [0.5, 0.6) is 5.88 Å². The van der Waals surface area contributed by atoms with E-state index in [4.69, 9.17) is 4.74 Å². The molecule has 0 saturated heterocycles. The smallest absolute Gasteiger partial charge is 0.434 e. The Hall–Kier alpha value is -3.71. The molecule has 0 aliphatic heterocycles. The minimum Gasteiger partial charge on any atom is -0.474 e. The quantitative estimate of drug-likeness (QED) is 0.467. The van der Waals surface area contributed by atoms with Crippen LogP contribution in [0.15, 0.2) is 43.0 Å². The Balaban J connectivity index is 1.80. The lowest BCUT2D eigenvalue weighted by molar-refractivity contribution is -0.141. The van der Waals surface area contributed by atoms with Crippen molar-refractivity contribution in [3.8, 4) is 11.6 Å². The molecule has 0 radical (unpaired) electrons. The molecule has 1 unspecified atom stereocenters. The number of alkyl halides is 6. The van der Waals surface area contributed by atoms with Gasteiger partial charge in [-0.05, 0) is 32.0 Å². The van der Waals surface area contributed by atoms with Gasteiger partial charge in [0.25, 0.3) is 5.91 Å². The maximum absolute atomic E-state index is 13.2. The van der Waals surface area contributed by atoms with Gasteiger partial charge in [0, 0.05) is 6.54 Å². The van der Waals surface area contributed by atoms with Gasteiger partial charge in [0.2, 0.25) is 5.88 Å². The number of aromatic nitrogens is 5. The molecular weight excluding hydrogens is 470 g/mol. The van der Waals surface area contributed by atoms with Gasteiger partial charge in [-0.25, -0.2) is 9.97 Å². The first kappa shape index (κ1) is 24.9. The first-order valence-electron chi connectivity index (χ1n) is 9.82. The van der Waals surface area contributed by atoms with Crippen LogP contribution in [0.1, 0.15) is 35.5 Å². The number of hydrogen-bond acceptors (Lipinski definition) is 6. The second-order valence-corrected chi connectivity index (χ2v) is 7.04. The predicted octanol–water partition coefficient (Wildman–Crippen LogP) is 4.02. The van der Waals surface area contributed by atoms with Gasteiger partial charge in [-0.1, -0.05) is 0 Å². The molecule has 1 amide bonds. The van der Waals surface area contributed by atoms with Gasteiger partial charge in [-0.3, -0.25) is 4.79 Å². The Morgan fingerprint density at radius 1 is 1.06 bits per heavy atom. The number of amides is 1. The summed E-state index contributed by atoms with van der Waals surface area (Å²) in [6.07, 6.45) is -5.44. The molecule has 1 atom stereocenters. The molecule has 0 saturated carbocycles. The number of rotatable bonds is 7. The fraction of sp³-hybridized carbons (Fsp3) is 0.350. The van der Waals surface area contributed by atoms with Crippen LogP contribution < -0.4 is 4.74 Å². The van der Waals surface area contributed by atoms with E-state index >= 15 is 0 Å². The SMILES string of the molecule is CCN(C(=O)c1ccc(C(F)(F)F)cc1-n1nccn1)C(C)COc1cnc(C(F)(F)F)cn1. The summed E-state index contributed by atoms with van der Waals surface area (Å²) in [4.78, 5) is 22.3. The second kappa shape index (κ2) is 9.65. The standard InChI is InChI=1S/C20H18F6N6O2/c1-3-31(12(2)11-34-17-10-27-16(9-28-17)20(24,25)26)18(33)14-5-4-13(19(21,22)23)8-15(14)32-29-6-7-30-32/h4-10,12H,3,11H2,1-2H3. The summed E-state index contributed by atoms with van der Waals surface area (Å²) in [5, 5.41) is 7.66. The summed E-state index contributed by atoms with van der Waals surface area (Å²) in [6, 6.07) is 1.98. The third kappa shape index (κ3) is 5.61. The van der Waals surface area contributed by atoms with Crippen molar-refractivity contribution in [1.29, 1.82) is 0 Å². The van der Waals surface area contributed by atoms with Crippen LogP contribution >= 0.6 is 0 Å². The molecule has 3 rings (SSSR count). The molecule has 0 fully saturated rings. The van der Waals surface area contributed by atoms with Gasteiger partial charge >= 0.3 is 12.4 Å². The number of carbonyl (C=O) groups excluding carboxylic acids is 1. The normalized spacial score (nSPS) is 12.9. The van der Waals surface area contributed by atoms with Gasteiger partial charge < -0.3 is 9.64 Å². The summed E-state index contributed by atoms with van der Waals surface area (Å²) < 4.78 is 82.8. The van der Waals surface area contributed by atoms with Crippen molar-refractivity contribution in [3.63, 3.8) is 0 Å². The number of nitrogens with zero attached hydrogens (tertiary/aromatic N) is 6. The summed E-state index contributed by atoms with van der Waals surface area (Å²) >= 11 is 0. The van der Waals surface area contributed by atoms with Crippen molar-refractivity contribution < 1.29 is 35.9 Å². The average molecular weight is 488 g/mol. The highest BCUT2D eigenvalue weighted by Crippen LogP contribution is 2.32. The van der Waals surface area contributed by atoms with E-state index in [0.29, 0.717) is 6.20 Å². The number of hydrogen-bond donors (Lipinski definition) is 0. The van der Waals surface area contributed by atoms with Crippen molar-refractivity contribution in [3.05, 3.63) is 59.8 Å². The molecule has 0 N–H and O–H groups in total. The predicted molar refractivity (Wildman–Crippen MR) is 105 cm³/mol. The Labute approximate surface area is 189 Å². The van der Waals surface area contributed by atoms with Crippen molar-refractivity contribution >= 4 is 5.91 Å². The molecule has 182 valence electrons. The fourth-order valence-electron chi connectivity index (χ4n) is 3.04. The van der Waals surface area contributed by atoms with Crippen LogP contribution in [0.4, 0.5) is 26.3 Å². The van der Waals surface area contributed by atoms with E-state index in [-0.39, 0.29) is 30.3 Å². The van der Waals surface area contributed by atoms with E-state index in [1.165, 1.54) is 17.3 Å². The lowest BCUT2D eigenvalue weighted by atomic mass is 10.1. The third-order valence-corrected chi connectivity index (χ3v) is 4.71. The number of likely N-dealkylation sites (N-methyl/N-ethyl adjacent to an activating group) is 1. The van der Waals surface area contributed by atoms with Gasteiger partial charge in [0.05, 0.1) is 47.6 Å². The molecule has 0 bridgehead atoms. The average Bonchev–Trinajstić information content (AvgIpc) is 3.31. The highest BCUT2D eigenvalue weighted by atomic mass is 19.4. The highest BCUT2D eigenvalue weighted by molar-refractivity contribution is 5.98. The van der Waals surface area contributed by atoms with Crippen LogP contribution in [-0.2, 0) is 12.4 Å². The van der Waals surface area contributed by atoms with Crippen molar-refractivity contribution in [2.24, 2.45) is 0 Å². The number of ether oxygens (including phenoxy) is 1. The summed E-state index contributed by atoms with van der Waals surface area (Å²) in [5.41, 5.74) is -2.39. The Morgan fingerprint density at radius 3 is 2.26 bits per heavy atom. The van der Waals surface area contributed by atoms with Crippen molar-refractivity contribution in [2.75, 3.05) is 13.2 Å². The van der Waals surface area contributed by atoms with E-state index in [0.717, 1.165) is 29.2 Å². The molecule has 0 spiro atoms. The first-order chi connectivity index (χ1) is 15.9. The maximum atomic E-state index is 13.2. The van der Waals surface area contributed by atoms with Crippen LogP contribution in [0.25, 0.3) is 5.69 Å². The highest BCUT2D eigenvalue weighted by Gasteiger charge is 2.34. The Morgan fingerprint density at radius 2 is 1.74 bits per heavy atom. The van der Waals surface area contributed by atoms with Crippen molar-refractivity contribution in [1.82, 2.24) is 29.9 Å². The van der Waals surface area contributed by atoms with Crippen LogP contribution in [0.2, 0.25) is 0 Å². The number of halogens is 6. The largest absolute Gasteiger partial charge is 0.474 e. The fourth-order valence-corrected chi connectivity index (χ4v) is 3.04. The lowest BCUT2D eigenvalue weighted by Crippen LogP contribution is -2.42. The van der Waals surface area contributed by atoms with Crippen LogP contribution in [0.3, 0.4) is 0 Å². The molecule has 0 aliphatic rings. The summed E-state index contributed by atoms with van der Waals surface area (Å²) in [6.45, 7) is 3.27. The van der Waals surface area contributed by atoms with Gasteiger partial charge in [0.1, 0.15) is 6.61 Å². The number of benzene rings is 1. The Bertz CT molecular complexity index is 1120. The second-order valence-electron chi connectivity index (χ2n) is 7.04.